The first-order valence-corrected chi connectivity index (χ1v) is 7.85. The van der Waals surface area contributed by atoms with Crippen LogP contribution in [0.2, 0.25) is 0 Å². The molecule has 1 rings (SSSR count). The van der Waals surface area contributed by atoms with Crippen molar-refractivity contribution >= 4 is 21.6 Å². The summed E-state index contributed by atoms with van der Waals surface area (Å²) in [5, 5.41) is 3.17. The number of rotatable bonds is 8. The van der Waals surface area contributed by atoms with Crippen LogP contribution in [0, 0.1) is 0 Å². The predicted octanol–water partition coefficient (Wildman–Crippen LogP) is 6.24. The van der Waals surface area contributed by atoms with Crippen molar-refractivity contribution in [2.45, 2.75) is 51.6 Å². The van der Waals surface area contributed by atoms with E-state index in [1.807, 2.05) is 0 Å². The molecule has 0 saturated carbocycles. The van der Waals surface area contributed by atoms with Gasteiger partial charge < -0.3 is 5.32 Å². The summed E-state index contributed by atoms with van der Waals surface area (Å²) >= 11 is 3.18. The molecule has 0 atom stereocenters. The average Bonchev–Trinajstić information content (AvgIpc) is 2.38. The molecule has 0 aromatic heterocycles. The van der Waals surface area contributed by atoms with Gasteiger partial charge in [0, 0.05) is 16.7 Å². The predicted molar refractivity (Wildman–Crippen MR) is 81.0 cm³/mol. The first kappa shape index (κ1) is 17.3. The normalized spacial score (nSPS) is 11.7. The van der Waals surface area contributed by atoms with Gasteiger partial charge in [0.15, 0.2) is 0 Å². The molecular formula is C15H21BrF3N. The van der Waals surface area contributed by atoms with Crippen molar-refractivity contribution in [2.24, 2.45) is 0 Å². The highest BCUT2D eigenvalue weighted by atomic mass is 79.9. The molecule has 1 aromatic carbocycles. The summed E-state index contributed by atoms with van der Waals surface area (Å²) < 4.78 is 38.0. The Morgan fingerprint density at radius 2 is 1.70 bits per heavy atom. The number of unbranched alkanes of at least 4 members (excludes halogenated alkanes) is 5. The summed E-state index contributed by atoms with van der Waals surface area (Å²) in [7, 11) is 0. The minimum absolute atomic E-state index is 0.457. The molecule has 0 fully saturated rings. The highest BCUT2D eigenvalue weighted by Crippen LogP contribution is 2.33. The topological polar surface area (TPSA) is 12.0 Å². The monoisotopic (exact) mass is 351 g/mol. The van der Waals surface area contributed by atoms with Crippen LogP contribution in [0.3, 0.4) is 0 Å². The van der Waals surface area contributed by atoms with E-state index in [2.05, 4.69) is 28.2 Å². The van der Waals surface area contributed by atoms with E-state index in [0.29, 0.717) is 10.2 Å². The second-order valence-electron chi connectivity index (χ2n) is 4.89. The van der Waals surface area contributed by atoms with Crippen molar-refractivity contribution in [3.05, 3.63) is 28.2 Å². The summed E-state index contributed by atoms with van der Waals surface area (Å²) in [6.07, 6.45) is 2.90. The molecule has 0 saturated heterocycles. The molecule has 20 heavy (non-hydrogen) atoms. The minimum atomic E-state index is -4.29. The molecule has 0 heterocycles. The highest BCUT2D eigenvalue weighted by Gasteiger charge is 2.30. The molecule has 0 bridgehead atoms. The molecule has 1 nitrogen and oxygen atoms in total. The maximum absolute atomic E-state index is 12.5. The molecule has 1 aromatic rings. The molecule has 0 aliphatic rings. The molecule has 0 aliphatic heterocycles. The zero-order chi connectivity index (χ0) is 15.0. The van der Waals surface area contributed by atoms with E-state index >= 15 is 0 Å². The fraction of sp³-hybridized carbons (Fsp3) is 0.600. The number of alkyl halides is 3. The van der Waals surface area contributed by atoms with Gasteiger partial charge in [-0.1, -0.05) is 39.0 Å². The fourth-order valence-electron chi connectivity index (χ4n) is 1.96. The third-order valence-corrected chi connectivity index (χ3v) is 3.80. The van der Waals surface area contributed by atoms with Crippen molar-refractivity contribution in [2.75, 3.05) is 11.9 Å². The lowest BCUT2D eigenvalue weighted by molar-refractivity contribution is -0.137. The molecule has 114 valence electrons. The van der Waals surface area contributed by atoms with Gasteiger partial charge in [0.05, 0.1) is 5.56 Å². The number of hydrogen-bond donors (Lipinski definition) is 1. The van der Waals surface area contributed by atoms with Crippen LogP contribution in [0.4, 0.5) is 18.9 Å². The van der Waals surface area contributed by atoms with Crippen molar-refractivity contribution in [1.82, 2.24) is 0 Å². The van der Waals surface area contributed by atoms with Gasteiger partial charge in [-0.3, -0.25) is 0 Å². The number of anilines is 1. The van der Waals surface area contributed by atoms with Crippen LogP contribution >= 0.6 is 15.9 Å². The van der Waals surface area contributed by atoms with E-state index in [9.17, 15) is 13.2 Å². The SMILES string of the molecule is CCCCCCCCNc1ccc(C(F)(F)F)cc1Br. The van der Waals surface area contributed by atoms with Gasteiger partial charge in [0.25, 0.3) is 0 Å². The third-order valence-electron chi connectivity index (χ3n) is 3.14. The van der Waals surface area contributed by atoms with E-state index < -0.39 is 11.7 Å². The Morgan fingerprint density at radius 1 is 1.05 bits per heavy atom. The molecule has 0 radical (unpaired) electrons. The highest BCUT2D eigenvalue weighted by molar-refractivity contribution is 9.10. The second-order valence-corrected chi connectivity index (χ2v) is 5.74. The maximum atomic E-state index is 12.5. The Kier molecular flexibility index (Phi) is 7.41. The van der Waals surface area contributed by atoms with E-state index in [1.165, 1.54) is 31.7 Å². The molecular weight excluding hydrogens is 331 g/mol. The number of nitrogens with one attached hydrogen (secondary N) is 1. The van der Waals surface area contributed by atoms with E-state index in [1.54, 1.807) is 0 Å². The zero-order valence-corrected chi connectivity index (χ0v) is 13.3. The van der Waals surface area contributed by atoms with Gasteiger partial charge in [-0.25, -0.2) is 0 Å². The molecule has 0 amide bonds. The van der Waals surface area contributed by atoms with E-state index in [-0.39, 0.29) is 0 Å². The van der Waals surface area contributed by atoms with Crippen LogP contribution in [0.1, 0.15) is 51.0 Å². The van der Waals surface area contributed by atoms with Crippen LogP contribution in [0.15, 0.2) is 22.7 Å². The van der Waals surface area contributed by atoms with E-state index in [0.717, 1.165) is 31.5 Å². The van der Waals surface area contributed by atoms with Gasteiger partial charge >= 0.3 is 6.18 Å². The Bertz CT molecular complexity index is 405. The van der Waals surface area contributed by atoms with Crippen LogP contribution in [0.5, 0.6) is 0 Å². The Hall–Kier alpha value is -0.710. The maximum Gasteiger partial charge on any atom is 0.416 e. The quantitative estimate of drug-likeness (QED) is 0.546. The lowest BCUT2D eigenvalue weighted by atomic mass is 10.1. The number of hydrogen-bond acceptors (Lipinski definition) is 1. The van der Waals surface area contributed by atoms with E-state index in [4.69, 9.17) is 0 Å². The number of halogens is 4. The van der Waals surface area contributed by atoms with Gasteiger partial charge in [0.1, 0.15) is 0 Å². The van der Waals surface area contributed by atoms with Crippen molar-refractivity contribution < 1.29 is 13.2 Å². The summed E-state index contributed by atoms with van der Waals surface area (Å²) in [6, 6.07) is 3.70. The molecule has 0 spiro atoms. The summed E-state index contributed by atoms with van der Waals surface area (Å²) in [5.41, 5.74) is 0.0843. The van der Waals surface area contributed by atoms with Gasteiger partial charge in [-0.2, -0.15) is 13.2 Å². The van der Waals surface area contributed by atoms with Crippen molar-refractivity contribution in [3.8, 4) is 0 Å². The van der Waals surface area contributed by atoms with Crippen molar-refractivity contribution in [3.63, 3.8) is 0 Å². The van der Waals surface area contributed by atoms with Crippen LogP contribution in [-0.2, 0) is 6.18 Å². The second kappa shape index (κ2) is 8.55. The smallest absolute Gasteiger partial charge is 0.384 e. The summed E-state index contributed by atoms with van der Waals surface area (Å²) in [5.74, 6) is 0. The van der Waals surface area contributed by atoms with Crippen LogP contribution in [0.25, 0.3) is 0 Å². The van der Waals surface area contributed by atoms with Crippen LogP contribution < -0.4 is 5.32 Å². The van der Waals surface area contributed by atoms with Crippen LogP contribution in [-0.4, -0.2) is 6.54 Å². The fourth-order valence-corrected chi connectivity index (χ4v) is 2.48. The molecule has 0 aliphatic carbocycles. The Balaban J connectivity index is 2.34. The summed E-state index contributed by atoms with van der Waals surface area (Å²) in [6.45, 7) is 2.97. The molecule has 5 heteroatoms. The molecule has 0 unspecified atom stereocenters. The van der Waals surface area contributed by atoms with Gasteiger partial charge in [0.2, 0.25) is 0 Å². The average molecular weight is 352 g/mol. The standard InChI is InChI=1S/C15H21BrF3N/c1-2-3-4-5-6-7-10-20-14-9-8-12(11-13(14)16)15(17,18)19/h8-9,11,20H,2-7,10H2,1H3. The zero-order valence-electron chi connectivity index (χ0n) is 11.7. The Labute approximate surface area is 127 Å². The number of benzene rings is 1. The minimum Gasteiger partial charge on any atom is -0.384 e. The molecule has 1 N–H and O–H groups in total. The van der Waals surface area contributed by atoms with Gasteiger partial charge in [-0.15, -0.1) is 0 Å². The lowest BCUT2D eigenvalue weighted by Crippen LogP contribution is -2.06. The third kappa shape index (κ3) is 6.16. The largest absolute Gasteiger partial charge is 0.416 e. The first-order chi connectivity index (χ1) is 9.45. The Morgan fingerprint density at radius 3 is 2.30 bits per heavy atom. The van der Waals surface area contributed by atoms with Crippen molar-refractivity contribution in [1.29, 1.82) is 0 Å². The summed E-state index contributed by atoms with van der Waals surface area (Å²) in [4.78, 5) is 0. The first-order valence-electron chi connectivity index (χ1n) is 7.05. The lowest BCUT2D eigenvalue weighted by Gasteiger charge is -2.12. The van der Waals surface area contributed by atoms with Gasteiger partial charge in [-0.05, 0) is 40.5 Å².